The number of rotatable bonds is 7. The molecule has 0 aliphatic rings. The van der Waals surface area contributed by atoms with Crippen LogP contribution in [0.2, 0.25) is 0 Å². The average molecular weight is 572 g/mol. The molecule has 4 nitrogen and oxygen atoms in total. The van der Waals surface area contributed by atoms with Crippen molar-refractivity contribution in [1.82, 2.24) is 0 Å². The molecule has 1 aromatic heterocycles. The van der Waals surface area contributed by atoms with E-state index in [1.807, 2.05) is 128 Å². The van der Waals surface area contributed by atoms with E-state index in [2.05, 4.69) is 4.98 Å². The molecule has 6 heteroatoms. The molecule has 0 atom stereocenters. The summed E-state index contributed by atoms with van der Waals surface area (Å²) in [4.78, 5) is 2.89. The maximum atomic E-state index is 14.0. The molecule has 0 fully saturated rings. The highest BCUT2D eigenvalue weighted by Gasteiger charge is 2.27. The lowest BCUT2D eigenvalue weighted by molar-refractivity contribution is -0.377. The second-order valence-corrected chi connectivity index (χ2v) is 9.40. The lowest BCUT2D eigenvalue weighted by atomic mass is 10.00. The number of hydrogen-bond donors (Lipinski definition) is 0. The van der Waals surface area contributed by atoms with Gasteiger partial charge in [-0.1, -0.05) is 103 Å². The molecule has 0 aliphatic heterocycles. The number of nitrogens with one attached hydrogen (secondary N) is 1. The van der Waals surface area contributed by atoms with Gasteiger partial charge in [0.05, 0.1) is 5.82 Å². The summed E-state index contributed by atoms with van der Waals surface area (Å²) in [5, 5.41) is 0. The molecular weight excluding hydrogens is 545 g/mol. The van der Waals surface area contributed by atoms with Crippen LogP contribution >= 0.6 is 7.60 Å². The quantitative estimate of drug-likeness (QED) is 0.260. The van der Waals surface area contributed by atoms with Crippen molar-refractivity contribution >= 4 is 13.2 Å². The number of pyridine rings is 1. The predicted octanol–water partition coefficient (Wildman–Crippen LogP) is 4.93. The average Bonchev–Trinajstić information content (AvgIpc) is 2.95. The van der Waals surface area contributed by atoms with Gasteiger partial charge in [-0.3, -0.25) is 0 Å². The van der Waals surface area contributed by atoms with E-state index in [1.54, 1.807) is 30.1 Å². The Kier molecular flexibility index (Phi) is 10.9. The van der Waals surface area contributed by atoms with Crippen LogP contribution in [0.25, 0.3) is 5.57 Å². The van der Waals surface area contributed by atoms with E-state index in [0.29, 0.717) is 11.5 Å². The third-order valence-electron chi connectivity index (χ3n) is 5.02. The lowest BCUT2D eigenvalue weighted by Gasteiger charge is -2.19. The topological polar surface area (TPSA) is 49.7 Å². The highest BCUT2D eigenvalue weighted by molar-refractivity contribution is 7.58. The van der Waals surface area contributed by atoms with Crippen LogP contribution in [0.1, 0.15) is 11.1 Å². The Bertz CT molecular complexity index is 1270. The molecule has 0 amide bonds. The molecule has 0 radical (unpaired) electrons. The van der Waals surface area contributed by atoms with Crippen LogP contribution in [0, 0.1) is 0 Å². The maximum Gasteiger partial charge on any atom is 0.456 e. The number of halogens is 1. The van der Waals surface area contributed by atoms with Gasteiger partial charge in [-0.2, -0.15) is 0 Å². The number of aromatic nitrogens is 1. The highest BCUT2D eigenvalue weighted by atomic mass is 79.9. The van der Waals surface area contributed by atoms with Gasteiger partial charge in [0.25, 0.3) is 0 Å². The van der Waals surface area contributed by atoms with Crippen molar-refractivity contribution < 1.29 is 35.6 Å². The molecule has 4 aromatic carbocycles. The second kappa shape index (κ2) is 14.6. The molecule has 0 saturated carbocycles. The summed E-state index contributed by atoms with van der Waals surface area (Å²) in [6.07, 6.45) is 3.75. The normalized spacial score (nSPS) is 10.1. The van der Waals surface area contributed by atoms with E-state index >= 15 is 0 Å². The first-order valence-corrected chi connectivity index (χ1v) is 13.2. The van der Waals surface area contributed by atoms with E-state index in [4.69, 9.17) is 9.05 Å². The predicted molar refractivity (Wildman–Crippen MR) is 145 cm³/mol. The van der Waals surface area contributed by atoms with E-state index in [9.17, 15) is 4.57 Å². The van der Waals surface area contributed by atoms with E-state index in [1.165, 1.54) is 0 Å². The van der Waals surface area contributed by atoms with E-state index < -0.39 is 7.60 Å². The zero-order valence-electron chi connectivity index (χ0n) is 20.1. The van der Waals surface area contributed by atoms with Crippen LogP contribution < -0.4 is 31.0 Å². The SMILES string of the molecule is O=P(C=C(c1ccccc1)c1ccccc1)(Oc1ccccc1)Oc1ccccc1.[Br-].c1cc[nH+]cc1. The first-order chi connectivity index (χ1) is 17.7. The second-order valence-electron chi connectivity index (χ2n) is 7.70. The number of aromatic amines is 1. The first-order valence-electron chi connectivity index (χ1n) is 11.6. The highest BCUT2D eigenvalue weighted by Crippen LogP contribution is 2.52. The van der Waals surface area contributed by atoms with Gasteiger partial charge in [0, 0.05) is 12.1 Å². The van der Waals surface area contributed by atoms with Gasteiger partial charge in [-0.05, 0) is 41.0 Å². The standard InChI is InChI=1S/C26H21O3P.C5H5N.BrH/c27-30(28-24-17-9-3-10-18-24,29-25-19-11-4-12-20-25)21-26(22-13-5-1-6-14-22)23-15-7-2-8-16-23;1-2-4-6-5-3-1;/h1-21H;1-5H;1H. The van der Waals surface area contributed by atoms with Crippen LogP contribution in [0.5, 0.6) is 11.5 Å². The van der Waals surface area contributed by atoms with Crippen LogP contribution in [0.15, 0.2) is 158 Å². The van der Waals surface area contributed by atoms with Crippen molar-refractivity contribution in [2.75, 3.05) is 0 Å². The molecule has 37 heavy (non-hydrogen) atoms. The molecule has 5 rings (SSSR count). The summed E-state index contributed by atoms with van der Waals surface area (Å²) in [6.45, 7) is 0. The van der Waals surface area contributed by atoms with E-state index in [0.717, 1.165) is 16.7 Å². The third kappa shape index (κ3) is 8.91. The minimum atomic E-state index is -3.71. The van der Waals surface area contributed by atoms with Gasteiger partial charge in [0.1, 0.15) is 11.5 Å². The molecule has 1 N–H and O–H groups in total. The summed E-state index contributed by atoms with van der Waals surface area (Å²) in [5.41, 5.74) is 2.64. The molecule has 0 saturated heterocycles. The maximum absolute atomic E-state index is 14.0. The van der Waals surface area contributed by atoms with Gasteiger partial charge in [0.2, 0.25) is 0 Å². The summed E-state index contributed by atoms with van der Waals surface area (Å²) < 4.78 is 25.9. The first kappa shape index (κ1) is 27.7. The number of hydrogen-bond acceptors (Lipinski definition) is 3. The summed E-state index contributed by atoms with van der Waals surface area (Å²) >= 11 is 0. The zero-order valence-corrected chi connectivity index (χ0v) is 22.5. The lowest BCUT2D eigenvalue weighted by Crippen LogP contribution is -3.00. The minimum absolute atomic E-state index is 0. The van der Waals surface area contributed by atoms with Crippen LogP contribution in [-0.4, -0.2) is 0 Å². The molecule has 5 aromatic rings. The Balaban J connectivity index is 0.000000479. The Hall–Kier alpha value is -3.92. The summed E-state index contributed by atoms with van der Waals surface area (Å²) in [5.74, 6) is 2.57. The molecule has 0 bridgehead atoms. The zero-order chi connectivity index (χ0) is 24.9. The fourth-order valence-electron chi connectivity index (χ4n) is 3.38. The van der Waals surface area contributed by atoms with Gasteiger partial charge >= 0.3 is 7.60 Å². The largest absolute Gasteiger partial charge is 1.00 e. The third-order valence-corrected chi connectivity index (χ3v) is 6.52. The Morgan fingerprint density at radius 2 is 0.892 bits per heavy atom. The fourth-order valence-corrected chi connectivity index (χ4v) is 4.97. The van der Waals surface area contributed by atoms with Crippen molar-refractivity contribution in [3.8, 4) is 11.5 Å². The van der Waals surface area contributed by atoms with Crippen molar-refractivity contribution in [3.63, 3.8) is 0 Å². The molecule has 0 unspecified atom stereocenters. The van der Waals surface area contributed by atoms with Crippen LogP contribution in [-0.2, 0) is 4.57 Å². The fraction of sp³-hybridized carbons (Fsp3) is 0. The van der Waals surface area contributed by atoms with E-state index in [-0.39, 0.29) is 17.0 Å². The van der Waals surface area contributed by atoms with Crippen LogP contribution in [0.4, 0.5) is 0 Å². The number of benzene rings is 4. The smallest absolute Gasteiger partial charge is 0.456 e. The van der Waals surface area contributed by atoms with Gasteiger partial charge in [-0.25, -0.2) is 9.55 Å². The Morgan fingerprint density at radius 1 is 0.541 bits per heavy atom. The molecule has 186 valence electrons. The summed E-state index contributed by atoms with van der Waals surface area (Å²) in [7, 11) is -3.71. The Labute approximate surface area is 228 Å². The Morgan fingerprint density at radius 3 is 1.22 bits per heavy atom. The van der Waals surface area contributed by atoms with Crippen molar-refractivity contribution in [3.05, 3.63) is 169 Å². The van der Waals surface area contributed by atoms with Gasteiger partial charge in [-0.15, -0.1) is 0 Å². The van der Waals surface area contributed by atoms with Gasteiger partial charge < -0.3 is 26.0 Å². The molecule has 1 heterocycles. The monoisotopic (exact) mass is 571 g/mol. The molecule has 0 aliphatic carbocycles. The van der Waals surface area contributed by atoms with Gasteiger partial charge in [0.15, 0.2) is 12.4 Å². The number of H-pyrrole nitrogens is 1. The van der Waals surface area contributed by atoms with Crippen molar-refractivity contribution in [2.45, 2.75) is 0 Å². The minimum Gasteiger partial charge on any atom is -1.00 e. The molecule has 0 spiro atoms. The molecular formula is C31H27BrNO3P. The summed E-state index contributed by atoms with van der Waals surface area (Å²) in [6, 6.07) is 43.6. The number of para-hydroxylation sites is 2. The van der Waals surface area contributed by atoms with Crippen molar-refractivity contribution in [1.29, 1.82) is 0 Å². The van der Waals surface area contributed by atoms with Crippen LogP contribution in [0.3, 0.4) is 0 Å². The van der Waals surface area contributed by atoms with Crippen molar-refractivity contribution in [2.24, 2.45) is 0 Å².